The van der Waals surface area contributed by atoms with E-state index in [1.54, 1.807) is 0 Å². The molecule has 0 spiro atoms. The topological polar surface area (TPSA) is 46.6 Å². The third-order valence-corrected chi connectivity index (χ3v) is 4.63. The summed E-state index contributed by atoms with van der Waals surface area (Å²) in [5.41, 5.74) is 1.06. The molecule has 0 amide bonds. The number of sulfone groups is 1. The summed E-state index contributed by atoms with van der Waals surface area (Å²) >= 11 is 0. The number of benzene rings is 1. The number of anilines is 1. The van der Waals surface area contributed by atoms with E-state index in [2.05, 4.69) is 11.8 Å². The van der Waals surface area contributed by atoms with Crippen LogP contribution in [0, 0.1) is 0 Å². The largest absolute Gasteiger partial charge is 0.494 e. The zero-order chi connectivity index (χ0) is 13.0. The summed E-state index contributed by atoms with van der Waals surface area (Å²) in [5.74, 6) is 1.37. The van der Waals surface area contributed by atoms with Crippen LogP contribution in [-0.4, -0.2) is 39.6 Å². The molecule has 18 heavy (non-hydrogen) atoms. The Morgan fingerprint density at radius 2 is 1.78 bits per heavy atom. The lowest BCUT2D eigenvalue weighted by molar-refractivity contribution is 0.317. The number of hydrogen-bond donors (Lipinski definition) is 0. The highest BCUT2D eigenvalue weighted by atomic mass is 32.2. The fourth-order valence-electron chi connectivity index (χ4n) is 1.94. The smallest absolute Gasteiger partial charge is 0.153 e. The predicted molar refractivity (Wildman–Crippen MR) is 73.1 cm³/mol. The average molecular weight is 269 g/mol. The summed E-state index contributed by atoms with van der Waals surface area (Å²) in [5, 5.41) is 0. The molecule has 100 valence electrons. The van der Waals surface area contributed by atoms with Gasteiger partial charge in [-0.15, -0.1) is 0 Å². The van der Waals surface area contributed by atoms with Gasteiger partial charge in [0, 0.05) is 18.8 Å². The number of hydrogen-bond acceptors (Lipinski definition) is 4. The molecule has 1 saturated heterocycles. The van der Waals surface area contributed by atoms with Crippen molar-refractivity contribution in [3.05, 3.63) is 24.3 Å². The third-order valence-electron chi connectivity index (χ3n) is 3.02. The maximum Gasteiger partial charge on any atom is 0.153 e. The van der Waals surface area contributed by atoms with E-state index in [1.165, 1.54) is 0 Å². The summed E-state index contributed by atoms with van der Waals surface area (Å²) in [7, 11) is -2.81. The van der Waals surface area contributed by atoms with E-state index in [-0.39, 0.29) is 11.5 Å². The zero-order valence-electron chi connectivity index (χ0n) is 10.6. The fourth-order valence-corrected chi connectivity index (χ4v) is 3.14. The Hall–Kier alpha value is -1.23. The Balaban J connectivity index is 1.98. The van der Waals surface area contributed by atoms with Gasteiger partial charge in [-0.05, 0) is 30.7 Å². The first-order valence-corrected chi connectivity index (χ1v) is 8.11. The van der Waals surface area contributed by atoms with Crippen molar-refractivity contribution < 1.29 is 13.2 Å². The average Bonchev–Trinajstić information content (AvgIpc) is 2.37. The van der Waals surface area contributed by atoms with Crippen molar-refractivity contribution in [1.82, 2.24) is 0 Å². The van der Waals surface area contributed by atoms with Crippen molar-refractivity contribution in [2.24, 2.45) is 0 Å². The minimum Gasteiger partial charge on any atom is -0.494 e. The van der Waals surface area contributed by atoms with Gasteiger partial charge in [0.1, 0.15) is 5.75 Å². The molecule has 4 nitrogen and oxygen atoms in total. The van der Waals surface area contributed by atoms with E-state index in [0.717, 1.165) is 24.5 Å². The van der Waals surface area contributed by atoms with E-state index in [1.807, 2.05) is 24.3 Å². The molecule has 1 fully saturated rings. The molecular formula is C13H19NO3S. The van der Waals surface area contributed by atoms with Gasteiger partial charge in [-0.1, -0.05) is 6.92 Å². The molecule has 0 unspecified atom stereocenters. The first kappa shape index (κ1) is 13.2. The Morgan fingerprint density at radius 3 is 2.33 bits per heavy atom. The fraction of sp³-hybridized carbons (Fsp3) is 0.538. The SMILES string of the molecule is CCCOc1ccc(N2CCS(=O)(=O)CC2)cc1. The van der Waals surface area contributed by atoms with Crippen LogP contribution in [0.5, 0.6) is 5.75 Å². The molecule has 5 heteroatoms. The van der Waals surface area contributed by atoms with E-state index in [9.17, 15) is 8.42 Å². The Morgan fingerprint density at radius 1 is 1.17 bits per heavy atom. The van der Waals surface area contributed by atoms with Gasteiger partial charge in [0.2, 0.25) is 0 Å². The molecule has 0 bridgehead atoms. The molecule has 0 aliphatic carbocycles. The zero-order valence-corrected chi connectivity index (χ0v) is 11.4. The summed E-state index contributed by atoms with van der Waals surface area (Å²) in [6.45, 7) is 3.96. The molecule has 0 aromatic heterocycles. The van der Waals surface area contributed by atoms with E-state index >= 15 is 0 Å². The molecule has 0 N–H and O–H groups in total. The lowest BCUT2D eigenvalue weighted by atomic mass is 10.2. The van der Waals surface area contributed by atoms with Crippen molar-refractivity contribution in [3.63, 3.8) is 0 Å². The normalized spacial score (nSPS) is 18.6. The minimum absolute atomic E-state index is 0.251. The second kappa shape index (κ2) is 5.61. The van der Waals surface area contributed by atoms with Crippen LogP contribution < -0.4 is 9.64 Å². The molecule has 1 aliphatic rings. The van der Waals surface area contributed by atoms with Crippen molar-refractivity contribution >= 4 is 15.5 Å². The van der Waals surface area contributed by atoms with Gasteiger partial charge in [0.15, 0.2) is 9.84 Å². The molecule has 1 aromatic carbocycles. The van der Waals surface area contributed by atoms with Gasteiger partial charge >= 0.3 is 0 Å². The van der Waals surface area contributed by atoms with Gasteiger partial charge < -0.3 is 9.64 Å². The van der Waals surface area contributed by atoms with Crippen LogP contribution in [0.2, 0.25) is 0 Å². The lowest BCUT2D eigenvalue weighted by Gasteiger charge is -2.28. The van der Waals surface area contributed by atoms with Crippen LogP contribution in [0.15, 0.2) is 24.3 Å². The Kier molecular flexibility index (Phi) is 4.11. The number of ether oxygens (including phenoxy) is 1. The Labute approximate surface area is 108 Å². The summed E-state index contributed by atoms with van der Waals surface area (Å²) < 4.78 is 28.2. The highest BCUT2D eigenvalue weighted by molar-refractivity contribution is 7.91. The van der Waals surface area contributed by atoms with Crippen LogP contribution in [0.1, 0.15) is 13.3 Å². The maximum atomic E-state index is 11.4. The van der Waals surface area contributed by atoms with Crippen LogP contribution in [0.4, 0.5) is 5.69 Å². The number of nitrogens with zero attached hydrogens (tertiary/aromatic N) is 1. The molecule has 0 atom stereocenters. The van der Waals surface area contributed by atoms with Gasteiger partial charge in [-0.25, -0.2) is 8.42 Å². The maximum absolute atomic E-state index is 11.4. The van der Waals surface area contributed by atoms with Gasteiger partial charge in [-0.2, -0.15) is 0 Å². The highest BCUT2D eigenvalue weighted by Crippen LogP contribution is 2.21. The Bertz CT molecular complexity index is 467. The first-order valence-electron chi connectivity index (χ1n) is 6.29. The van der Waals surface area contributed by atoms with Crippen molar-refractivity contribution in [2.45, 2.75) is 13.3 Å². The van der Waals surface area contributed by atoms with Crippen LogP contribution >= 0.6 is 0 Å². The second-order valence-electron chi connectivity index (χ2n) is 4.48. The molecule has 0 radical (unpaired) electrons. The monoisotopic (exact) mass is 269 g/mol. The predicted octanol–water partition coefficient (Wildman–Crippen LogP) is 1.71. The summed E-state index contributed by atoms with van der Waals surface area (Å²) in [6, 6.07) is 7.86. The van der Waals surface area contributed by atoms with E-state index in [4.69, 9.17) is 4.74 Å². The van der Waals surface area contributed by atoms with Gasteiger partial charge in [0.25, 0.3) is 0 Å². The second-order valence-corrected chi connectivity index (χ2v) is 6.78. The van der Waals surface area contributed by atoms with Crippen molar-refractivity contribution in [2.75, 3.05) is 36.1 Å². The van der Waals surface area contributed by atoms with E-state index in [0.29, 0.717) is 13.1 Å². The molecule has 0 saturated carbocycles. The lowest BCUT2D eigenvalue weighted by Crippen LogP contribution is -2.40. The van der Waals surface area contributed by atoms with Crippen molar-refractivity contribution in [1.29, 1.82) is 0 Å². The summed E-state index contributed by atoms with van der Waals surface area (Å²) in [4.78, 5) is 2.10. The van der Waals surface area contributed by atoms with Crippen LogP contribution in [0.25, 0.3) is 0 Å². The molecule has 1 aliphatic heterocycles. The van der Waals surface area contributed by atoms with Gasteiger partial charge in [-0.3, -0.25) is 0 Å². The quantitative estimate of drug-likeness (QED) is 0.835. The van der Waals surface area contributed by atoms with Crippen LogP contribution in [0.3, 0.4) is 0 Å². The molecule has 1 aromatic rings. The van der Waals surface area contributed by atoms with Crippen molar-refractivity contribution in [3.8, 4) is 5.75 Å². The standard InChI is InChI=1S/C13H19NO3S/c1-2-9-17-13-5-3-12(4-6-13)14-7-10-18(15,16)11-8-14/h3-6H,2,7-11H2,1H3. The molecular weight excluding hydrogens is 250 g/mol. The minimum atomic E-state index is -2.81. The van der Waals surface area contributed by atoms with Gasteiger partial charge in [0.05, 0.1) is 18.1 Å². The van der Waals surface area contributed by atoms with E-state index < -0.39 is 9.84 Å². The highest BCUT2D eigenvalue weighted by Gasteiger charge is 2.21. The molecule has 1 heterocycles. The summed E-state index contributed by atoms with van der Waals surface area (Å²) in [6.07, 6.45) is 0.992. The number of rotatable bonds is 4. The first-order chi connectivity index (χ1) is 8.61. The van der Waals surface area contributed by atoms with Crippen LogP contribution in [-0.2, 0) is 9.84 Å². The molecule has 2 rings (SSSR count). The third kappa shape index (κ3) is 3.38.